The second-order valence-electron chi connectivity index (χ2n) is 5.45. The summed E-state index contributed by atoms with van der Waals surface area (Å²) in [4.78, 5) is 22.8. The summed E-state index contributed by atoms with van der Waals surface area (Å²) in [5, 5.41) is 2.63. The van der Waals surface area contributed by atoms with Crippen LogP contribution in [0, 0.1) is 5.82 Å². The maximum atomic E-state index is 12.8. The minimum absolute atomic E-state index is 0.0436. The molecule has 2 aromatic carbocycles. The zero-order valence-corrected chi connectivity index (χ0v) is 14.6. The molecule has 0 fully saturated rings. The molecule has 138 valence electrons. The van der Waals surface area contributed by atoms with Gasteiger partial charge in [-0.25, -0.2) is 17.5 Å². The smallest absolute Gasteiger partial charge is 0.248 e. The van der Waals surface area contributed by atoms with Crippen LogP contribution in [-0.4, -0.2) is 26.8 Å². The number of sulfonamides is 1. The highest BCUT2D eigenvalue weighted by molar-refractivity contribution is 7.89. The summed E-state index contributed by atoms with van der Waals surface area (Å²) in [6, 6.07) is 10.5. The van der Waals surface area contributed by atoms with Crippen molar-refractivity contribution in [1.29, 1.82) is 0 Å². The molecule has 0 atom stereocenters. The first-order valence-corrected chi connectivity index (χ1v) is 9.21. The van der Waals surface area contributed by atoms with Crippen molar-refractivity contribution < 1.29 is 22.4 Å². The van der Waals surface area contributed by atoms with Crippen molar-refractivity contribution in [3.63, 3.8) is 0 Å². The number of nitrogens with two attached hydrogens (primary N) is 1. The van der Waals surface area contributed by atoms with E-state index in [1.807, 2.05) is 0 Å². The van der Waals surface area contributed by atoms with Gasteiger partial charge in [-0.3, -0.25) is 9.59 Å². The first-order chi connectivity index (χ1) is 12.3. The van der Waals surface area contributed by atoms with Crippen LogP contribution in [0.3, 0.4) is 0 Å². The standard InChI is InChI=1S/C17H18FN3O4S/c18-13-5-9-15(10-6-13)26(24,25)20-11-1-2-16(22)21-14-7-3-12(4-8-14)17(19)23/h3-10,20H,1-2,11H2,(H2,19,23)(H,21,22). The number of carbonyl (C=O) groups excluding carboxylic acids is 2. The molecule has 0 aliphatic rings. The molecule has 0 heterocycles. The Morgan fingerprint density at radius 3 is 2.19 bits per heavy atom. The van der Waals surface area contributed by atoms with Crippen LogP contribution in [0.1, 0.15) is 23.2 Å². The molecule has 7 nitrogen and oxygen atoms in total. The number of benzene rings is 2. The maximum absolute atomic E-state index is 12.8. The zero-order chi connectivity index (χ0) is 19.2. The van der Waals surface area contributed by atoms with Gasteiger partial charge in [-0.1, -0.05) is 0 Å². The molecule has 2 amide bonds. The Kier molecular flexibility index (Phi) is 6.42. The number of rotatable bonds is 8. The van der Waals surface area contributed by atoms with E-state index in [2.05, 4.69) is 10.0 Å². The maximum Gasteiger partial charge on any atom is 0.248 e. The van der Waals surface area contributed by atoms with E-state index in [0.29, 0.717) is 11.3 Å². The van der Waals surface area contributed by atoms with Gasteiger partial charge in [0.2, 0.25) is 21.8 Å². The van der Waals surface area contributed by atoms with E-state index in [0.717, 1.165) is 12.1 Å². The number of carbonyl (C=O) groups is 2. The third-order valence-electron chi connectivity index (χ3n) is 3.45. The molecule has 0 aromatic heterocycles. The average Bonchev–Trinajstić information content (AvgIpc) is 2.59. The molecule has 0 aliphatic heterocycles. The van der Waals surface area contributed by atoms with E-state index in [9.17, 15) is 22.4 Å². The molecule has 0 bridgehead atoms. The molecule has 0 aliphatic carbocycles. The minimum Gasteiger partial charge on any atom is -0.366 e. The molecule has 26 heavy (non-hydrogen) atoms. The Bertz CT molecular complexity index is 881. The van der Waals surface area contributed by atoms with E-state index in [-0.39, 0.29) is 30.2 Å². The van der Waals surface area contributed by atoms with Gasteiger partial charge in [0, 0.05) is 24.2 Å². The van der Waals surface area contributed by atoms with Crippen LogP contribution in [0.2, 0.25) is 0 Å². The van der Waals surface area contributed by atoms with Crippen molar-refractivity contribution >= 4 is 27.5 Å². The van der Waals surface area contributed by atoms with Crippen LogP contribution in [-0.2, 0) is 14.8 Å². The normalized spacial score (nSPS) is 11.1. The van der Waals surface area contributed by atoms with Crippen molar-refractivity contribution in [3.8, 4) is 0 Å². The second-order valence-corrected chi connectivity index (χ2v) is 7.21. The number of anilines is 1. The number of amides is 2. The largest absolute Gasteiger partial charge is 0.366 e. The van der Waals surface area contributed by atoms with Gasteiger partial charge < -0.3 is 11.1 Å². The lowest BCUT2D eigenvalue weighted by Crippen LogP contribution is -2.25. The Morgan fingerprint density at radius 2 is 1.62 bits per heavy atom. The Balaban J connectivity index is 1.77. The van der Waals surface area contributed by atoms with Gasteiger partial charge in [-0.15, -0.1) is 0 Å². The lowest BCUT2D eigenvalue weighted by atomic mass is 10.2. The molecule has 9 heteroatoms. The van der Waals surface area contributed by atoms with Crippen molar-refractivity contribution in [1.82, 2.24) is 4.72 Å². The van der Waals surface area contributed by atoms with Gasteiger partial charge >= 0.3 is 0 Å². The number of nitrogens with one attached hydrogen (secondary N) is 2. The Labute approximate surface area is 150 Å². The minimum atomic E-state index is -3.74. The van der Waals surface area contributed by atoms with Crippen molar-refractivity contribution in [3.05, 3.63) is 59.9 Å². The van der Waals surface area contributed by atoms with Crippen LogP contribution in [0.25, 0.3) is 0 Å². The van der Waals surface area contributed by atoms with E-state index in [1.165, 1.54) is 24.3 Å². The Morgan fingerprint density at radius 1 is 1.00 bits per heavy atom. The monoisotopic (exact) mass is 379 g/mol. The number of primary amides is 1. The highest BCUT2D eigenvalue weighted by atomic mass is 32.2. The molecule has 0 saturated carbocycles. The molecule has 0 radical (unpaired) electrons. The lowest BCUT2D eigenvalue weighted by molar-refractivity contribution is -0.116. The van der Waals surface area contributed by atoms with E-state index in [4.69, 9.17) is 5.73 Å². The van der Waals surface area contributed by atoms with E-state index < -0.39 is 21.7 Å². The van der Waals surface area contributed by atoms with Crippen LogP contribution < -0.4 is 15.8 Å². The fraction of sp³-hybridized carbons (Fsp3) is 0.176. The quantitative estimate of drug-likeness (QED) is 0.604. The van der Waals surface area contributed by atoms with Gasteiger partial charge in [0.05, 0.1) is 4.90 Å². The van der Waals surface area contributed by atoms with Crippen LogP contribution in [0.5, 0.6) is 0 Å². The average molecular weight is 379 g/mol. The number of halogens is 1. The third kappa shape index (κ3) is 5.64. The highest BCUT2D eigenvalue weighted by Crippen LogP contribution is 2.11. The molecule has 4 N–H and O–H groups in total. The van der Waals surface area contributed by atoms with E-state index in [1.54, 1.807) is 12.1 Å². The highest BCUT2D eigenvalue weighted by Gasteiger charge is 2.13. The fourth-order valence-electron chi connectivity index (χ4n) is 2.09. The van der Waals surface area contributed by atoms with E-state index >= 15 is 0 Å². The van der Waals surface area contributed by atoms with Gasteiger partial charge in [-0.2, -0.15) is 0 Å². The summed E-state index contributed by atoms with van der Waals surface area (Å²) in [5.41, 5.74) is 5.97. The molecule has 2 rings (SSSR count). The topological polar surface area (TPSA) is 118 Å². The molecule has 2 aromatic rings. The zero-order valence-electron chi connectivity index (χ0n) is 13.7. The molecule has 0 saturated heterocycles. The first kappa shape index (κ1) is 19.5. The summed E-state index contributed by atoms with van der Waals surface area (Å²) >= 11 is 0. The van der Waals surface area contributed by atoms with Gasteiger partial charge in [0.1, 0.15) is 5.82 Å². The lowest BCUT2D eigenvalue weighted by Gasteiger charge is -2.08. The van der Waals surface area contributed by atoms with Crippen LogP contribution in [0.15, 0.2) is 53.4 Å². The molecular formula is C17H18FN3O4S. The summed E-state index contributed by atoms with van der Waals surface area (Å²) < 4.78 is 39.2. The van der Waals surface area contributed by atoms with Gasteiger partial charge in [0.15, 0.2) is 0 Å². The fourth-order valence-corrected chi connectivity index (χ4v) is 3.17. The number of hydrogen-bond donors (Lipinski definition) is 3. The summed E-state index contributed by atoms with van der Waals surface area (Å²) in [6.07, 6.45) is 0.384. The van der Waals surface area contributed by atoms with Crippen molar-refractivity contribution in [2.24, 2.45) is 5.73 Å². The van der Waals surface area contributed by atoms with Crippen molar-refractivity contribution in [2.75, 3.05) is 11.9 Å². The third-order valence-corrected chi connectivity index (χ3v) is 4.93. The predicted octanol–water partition coefficient (Wildman–Crippen LogP) is 1.62. The summed E-state index contributed by atoms with van der Waals surface area (Å²) in [5.74, 6) is -1.38. The van der Waals surface area contributed by atoms with Crippen LogP contribution >= 0.6 is 0 Å². The van der Waals surface area contributed by atoms with Gasteiger partial charge in [0.25, 0.3) is 0 Å². The van der Waals surface area contributed by atoms with Crippen molar-refractivity contribution in [2.45, 2.75) is 17.7 Å². The molecule has 0 unspecified atom stereocenters. The predicted molar refractivity (Wildman–Crippen MR) is 94.4 cm³/mol. The number of hydrogen-bond acceptors (Lipinski definition) is 4. The van der Waals surface area contributed by atoms with Crippen LogP contribution in [0.4, 0.5) is 10.1 Å². The second kappa shape index (κ2) is 8.54. The molecule has 0 spiro atoms. The molecular weight excluding hydrogens is 361 g/mol. The SMILES string of the molecule is NC(=O)c1ccc(NC(=O)CCCNS(=O)(=O)c2ccc(F)cc2)cc1. The van der Waals surface area contributed by atoms with Gasteiger partial charge in [-0.05, 0) is 55.0 Å². The summed E-state index contributed by atoms with van der Waals surface area (Å²) in [7, 11) is -3.74. The Hall–Kier alpha value is -2.78. The summed E-state index contributed by atoms with van der Waals surface area (Å²) in [6.45, 7) is 0.0632. The first-order valence-electron chi connectivity index (χ1n) is 7.73.